The van der Waals surface area contributed by atoms with Gasteiger partial charge in [-0.05, 0) is 50.4 Å². The molecule has 2 rings (SSSR count). The Kier molecular flexibility index (Phi) is 6.62. The molecule has 3 heteroatoms. The van der Waals surface area contributed by atoms with Crippen molar-refractivity contribution in [2.75, 3.05) is 13.2 Å². The quantitative estimate of drug-likeness (QED) is 0.553. The van der Waals surface area contributed by atoms with Gasteiger partial charge in [0.15, 0.2) is 0 Å². The molecule has 0 aromatic heterocycles. The fraction of sp³-hybridized carbons (Fsp3) is 1.00. The molecule has 2 aliphatic rings. The Morgan fingerprint density at radius 2 is 1.76 bits per heavy atom. The highest BCUT2D eigenvalue weighted by Crippen LogP contribution is 2.39. The van der Waals surface area contributed by atoms with Crippen molar-refractivity contribution in [2.24, 2.45) is 17.8 Å². The van der Waals surface area contributed by atoms with Gasteiger partial charge < -0.3 is 4.65 Å². The van der Waals surface area contributed by atoms with E-state index in [4.69, 9.17) is 4.65 Å². The molecule has 1 heterocycles. The van der Waals surface area contributed by atoms with E-state index in [1.54, 1.807) is 0 Å². The molecule has 0 amide bonds. The van der Waals surface area contributed by atoms with E-state index in [9.17, 15) is 0 Å². The number of hydrogen-bond acceptors (Lipinski definition) is 2. The molecule has 0 N–H and O–H groups in total. The topological polar surface area (TPSA) is 12.5 Å². The first-order chi connectivity index (χ1) is 10.0. The first-order valence-electron chi connectivity index (χ1n) is 9.25. The van der Waals surface area contributed by atoms with Gasteiger partial charge in [-0.15, -0.1) is 0 Å². The van der Waals surface area contributed by atoms with Gasteiger partial charge in [-0.2, -0.15) is 0 Å². The summed E-state index contributed by atoms with van der Waals surface area (Å²) in [5.74, 6) is 2.90. The van der Waals surface area contributed by atoms with Crippen molar-refractivity contribution in [3.8, 4) is 0 Å². The Morgan fingerprint density at radius 1 is 1.05 bits per heavy atom. The summed E-state index contributed by atoms with van der Waals surface area (Å²) in [4.78, 5) is 2.71. The molecule has 2 fully saturated rings. The zero-order valence-corrected chi connectivity index (χ0v) is 14.8. The van der Waals surface area contributed by atoms with Crippen LogP contribution in [0.3, 0.4) is 0 Å². The van der Waals surface area contributed by atoms with Gasteiger partial charge in [-0.25, -0.2) is 0 Å². The number of nitrogens with zero attached hydrogens (tertiary/aromatic N) is 1. The second-order valence-corrected chi connectivity index (χ2v) is 7.72. The molecule has 21 heavy (non-hydrogen) atoms. The van der Waals surface area contributed by atoms with Gasteiger partial charge in [-0.3, -0.25) is 4.90 Å². The lowest BCUT2D eigenvalue weighted by Gasteiger charge is -2.45. The molecule has 1 aliphatic heterocycles. The maximum Gasteiger partial charge on any atom is 0.297 e. The fourth-order valence-corrected chi connectivity index (χ4v) is 4.57. The first kappa shape index (κ1) is 17.3. The lowest BCUT2D eigenvalue weighted by atomic mass is 9.63. The van der Waals surface area contributed by atoms with E-state index >= 15 is 0 Å². The molecule has 0 aromatic carbocycles. The molecule has 0 bridgehead atoms. The van der Waals surface area contributed by atoms with Crippen molar-refractivity contribution in [1.29, 1.82) is 0 Å². The predicted octanol–water partition coefficient (Wildman–Crippen LogP) is 4.38. The Bertz CT molecular complexity index is 312. The summed E-state index contributed by atoms with van der Waals surface area (Å²) in [6.45, 7) is 13.9. The largest absolute Gasteiger partial charge is 0.440 e. The second-order valence-electron chi connectivity index (χ2n) is 7.72. The molecule has 6 atom stereocenters. The van der Waals surface area contributed by atoms with Crippen molar-refractivity contribution < 1.29 is 4.65 Å². The third-order valence-electron chi connectivity index (χ3n) is 6.18. The molecule has 1 aliphatic carbocycles. The molecule has 121 valence electrons. The van der Waals surface area contributed by atoms with Crippen LogP contribution in [0.15, 0.2) is 0 Å². The fourth-order valence-electron chi connectivity index (χ4n) is 4.57. The highest BCUT2D eigenvalue weighted by molar-refractivity contribution is 6.30. The van der Waals surface area contributed by atoms with E-state index < -0.39 is 0 Å². The minimum Gasteiger partial charge on any atom is -0.440 e. The minimum absolute atomic E-state index is 0.598. The third-order valence-corrected chi connectivity index (χ3v) is 6.18. The second kappa shape index (κ2) is 8.01. The molecule has 2 nitrogen and oxygen atoms in total. The molecule has 0 aromatic rings. The summed E-state index contributed by atoms with van der Waals surface area (Å²) < 4.78 is 6.01. The Hall–Kier alpha value is -0.0151. The van der Waals surface area contributed by atoms with Crippen LogP contribution in [-0.4, -0.2) is 37.6 Å². The van der Waals surface area contributed by atoms with Crippen LogP contribution in [0.5, 0.6) is 0 Å². The van der Waals surface area contributed by atoms with Crippen LogP contribution in [0.4, 0.5) is 0 Å². The molecular weight excluding hydrogens is 257 g/mol. The van der Waals surface area contributed by atoms with E-state index in [0.717, 1.165) is 25.0 Å². The van der Waals surface area contributed by atoms with Crippen molar-refractivity contribution in [1.82, 2.24) is 4.90 Å². The lowest BCUT2D eigenvalue weighted by molar-refractivity contribution is 0.0631. The summed E-state index contributed by atoms with van der Waals surface area (Å²) >= 11 is 0. The molecule has 1 saturated carbocycles. The molecule has 6 unspecified atom stereocenters. The van der Waals surface area contributed by atoms with Gasteiger partial charge >= 0.3 is 0 Å². The Labute approximate surface area is 133 Å². The van der Waals surface area contributed by atoms with Gasteiger partial charge in [0.05, 0.1) is 0 Å². The summed E-state index contributed by atoms with van der Waals surface area (Å²) in [5.41, 5.74) is 0. The third kappa shape index (κ3) is 4.25. The maximum absolute atomic E-state index is 6.01. The van der Waals surface area contributed by atoms with Crippen molar-refractivity contribution >= 4 is 7.48 Å². The smallest absolute Gasteiger partial charge is 0.297 e. The Morgan fingerprint density at radius 3 is 2.48 bits per heavy atom. The van der Waals surface area contributed by atoms with Crippen LogP contribution < -0.4 is 0 Å². The summed E-state index contributed by atoms with van der Waals surface area (Å²) in [6.07, 6.45) is 7.02. The monoisotopic (exact) mass is 292 g/mol. The van der Waals surface area contributed by atoms with Gasteiger partial charge in [0.2, 0.25) is 0 Å². The van der Waals surface area contributed by atoms with E-state index in [-0.39, 0.29) is 0 Å². The van der Waals surface area contributed by atoms with Crippen molar-refractivity contribution in [3.63, 3.8) is 0 Å². The average Bonchev–Trinajstić information content (AvgIpc) is 2.67. The Balaban J connectivity index is 2.12. The van der Waals surface area contributed by atoms with Crippen LogP contribution in [0.1, 0.15) is 66.7 Å². The molecule has 0 spiro atoms. The lowest BCUT2D eigenvalue weighted by Crippen LogP contribution is -2.50. The summed E-state index contributed by atoms with van der Waals surface area (Å²) in [7, 11) is 2.22. The zero-order chi connectivity index (χ0) is 15.4. The molecule has 1 saturated heterocycles. The van der Waals surface area contributed by atoms with Gasteiger partial charge in [0.25, 0.3) is 7.48 Å². The van der Waals surface area contributed by atoms with Gasteiger partial charge in [-0.1, -0.05) is 46.5 Å². The summed E-state index contributed by atoms with van der Waals surface area (Å²) in [5, 5.41) is 0. The summed E-state index contributed by atoms with van der Waals surface area (Å²) in [6, 6.07) is 1.22. The zero-order valence-electron chi connectivity index (χ0n) is 14.8. The average molecular weight is 292 g/mol. The van der Waals surface area contributed by atoms with Crippen LogP contribution >= 0.6 is 0 Å². The van der Waals surface area contributed by atoms with Crippen LogP contribution in [0.2, 0.25) is 5.82 Å². The van der Waals surface area contributed by atoms with E-state index in [0.29, 0.717) is 23.8 Å². The number of hydrogen-bond donors (Lipinski definition) is 0. The van der Waals surface area contributed by atoms with Crippen LogP contribution in [0, 0.1) is 17.8 Å². The standard InChI is InChI=1S/C18H35BNO/c1-6-20-15(4)14(3)12-21-19-18(16(20)5)17-10-8-7-9-13(2)11-17/h13-18H,6-12H2,1-5H3. The van der Waals surface area contributed by atoms with Crippen molar-refractivity contribution in [3.05, 3.63) is 0 Å². The van der Waals surface area contributed by atoms with Gasteiger partial charge in [0.1, 0.15) is 0 Å². The molecule has 1 radical (unpaired) electrons. The highest BCUT2D eigenvalue weighted by Gasteiger charge is 2.37. The van der Waals surface area contributed by atoms with Gasteiger partial charge in [0, 0.05) is 18.7 Å². The minimum atomic E-state index is 0.598. The van der Waals surface area contributed by atoms with E-state index in [1.165, 1.54) is 32.1 Å². The van der Waals surface area contributed by atoms with E-state index in [1.807, 2.05) is 0 Å². The van der Waals surface area contributed by atoms with Crippen LogP contribution in [0.25, 0.3) is 0 Å². The number of rotatable bonds is 2. The first-order valence-corrected chi connectivity index (χ1v) is 9.25. The predicted molar refractivity (Wildman–Crippen MR) is 91.7 cm³/mol. The van der Waals surface area contributed by atoms with Crippen molar-refractivity contribution in [2.45, 2.75) is 84.6 Å². The highest BCUT2D eigenvalue weighted by atomic mass is 16.4. The SMILES string of the molecule is CCN1C(C)C(C)CO[B]C(C2CCCCC(C)C2)C1C. The maximum atomic E-state index is 6.01. The van der Waals surface area contributed by atoms with Crippen LogP contribution in [-0.2, 0) is 4.65 Å². The van der Waals surface area contributed by atoms with E-state index in [2.05, 4.69) is 47.0 Å². The molecular formula is C18H35BNO. The normalized spacial score (nSPS) is 43.5.